The van der Waals surface area contributed by atoms with Crippen LogP contribution < -0.4 is 4.74 Å². The lowest BCUT2D eigenvalue weighted by molar-refractivity contribution is 0.246. The summed E-state index contributed by atoms with van der Waals surface area (Å²) in [5.41, 5.74) is 0. The molecule has 1 aromatic carbocycles. The fourth-order valence-corrected chi connectivity index (χ4v) is 1.97. The second kappa shape index (κ2) is 7.10. The minimum absolute atomic E-state index is 0.245. The van der Waals surface area contributed by atoms with Crippen molar-refractivity contribution in [1.82, 2.24) is 4.90 Å². The van der Waals surface area contributed by atoms with Crippen molar-refractivity contribution in [2.75, 3.05) is 20.2 Å². The Labute approximate surface area is 119 Å². The van der Waals surface area contributed by atoms with Crippen LogP contribution in [0.25, 0.3) is 0 Å². The molecule has 0 aliphatic heterocycles. The lowest BCUT2D eigenvalue weighted by Gasteiger charge is -2.15. The number of hydrogen-bond acceptors (Lipinski definition) is 3. The second-order valence-electron chi connectivity index (χ2n) is 4.91. The highest BCUT2D eigenvalue weighted by molar-refractivity contribution is 5.21. The van der Waals surface area contributed by atoms with Crippen LogP contribution in [-0.2, 0) is 6.54 Å². The molecule has 0 spiro atoms. The fraction of sp³-hybridized carbons (Fsp3) is 0.375. The largest absolute Gasteiger partial charge is 0.494 e. The van der Waals surface area contributed by atoms with Crippen molar-refractivity contribution in [2.45, 2.75) is 19.9 Å². The Morgan fingerprint density at radius 2 is 1.90 bits per heavy atom. The maximum absolute atomic E-state index is 12.7. The maximum Gasteiger partial charge on any atom is 0.123 e. The molecule has 0 radical (unpaired) electrons. The van der Waals surface area contributed by atoms with Gasteiger partial charge >= 0.3 is 0 Å². The standard InChI is InChI=1S/C16H20FNO2/c1-13-4-7-16(20-13)12-18(2)10-3-11-19-15-8-5-14(17)6-9-15/h4-9H,3,10-12H2,1-2H3. The molecular weight excluding hydrogens is 257 g/mol. The van der Waals surface area contributed by atoms with Crippen molar-refractivity contribution in [1.29, 1.82) is 0 Å². The van der Waals surface area contributed by atoms with E-state index in [-0.39, 0.29) is 5.82 Å². The van der Waals surface area contributed by atoms with Crippen molar-refractivity contribution in [2.24, 2.45) is 0 Å². The molecule has 4 heteroatoms. The molecule has 0 saturated heterocycles. The van der Waals surface area contributed by atoms with Crippen molar-refractivity contribution in [3.63, 3.8) is 0 Å². The van der Waals surface area contributed by atoms with Crippen molar-refractivity contribution in [3.05, 3.63) is 53.7 Å². The van der Waals surface area contributed by atoms with Gasteiger partial charge in [-0.25, -0.2) is 4.39 Å². The Morgan fingerprint density at radius 3 is 2.55 bits per heavy atom. The molecule has 3 nitrogen and oxygen atoms in total. The Morgan fingerprint density at radius 1 is 1.15 bits per heavy atom. The number of halogens is 1. The molecule has 0 amide bonds. The fourth-order valence-electron chi connectivity index (χ4n) is 1.97. The topological polar surface area (TPSA) is 25.6 Å². The third-order valence-electron chi connectivity index (χ3n) is 2.99. The molecule has 0 saturated carbocycles. The van der Waals surface area contributed by atoms with Crippen LogP contribution in [0.15, 0.2) is 40.8 Å². The van der Waals surface area contributed by atoms with Gasteiger partial charge in [-0.1, -0.05) is 0 Å². The molecule has 0 unspecified atom stereocenters. The van der Waals surface area contributed by atoms with E-state index in [2.05, 4.69) is 11.9 Å². The lowest BCUT2D eigenvalue weighted by atomic mass is 10.3. The summed E-state index contributed by atoms with van der Waals surface area (Å²) in [5, 5.41) is 0. The van der Waals surface area contributed by atoms with Gasteiger partial charge in [0.15, 0.2) is 0 Å². The molecule has 20 heavy (non-hydrogen) atoms. The van der Waals surface area contributed by atoms with Crippen LogP contribution in [0.4, 0.5) is 4.39 Å². The van der Waals surface area contributed by atoms with E-state index in [4.69, 9.17) is 9.15 Å². The van der Waals surface area contributed by atoms with Crippen LogP contribution in [0.1, 0.15) is 17.9 Å². The number of ether oxygens (including phenoxy) is 1. The lowest BCUT2D eigenvalue weighted by Crippen LogP contribution is -2.20. The molecule has 1 aromatic heterocycles. The summed E-state index contributed by atoms with van der Waals surface area (Å²) in [6.45, 7) is 4.28. The first-order valence-corrected chi connectivity index (χ1v) is 6.76. The highest BCUT2D eigenvalue weighted by Gasteiger charge is 2.04. The molecule has 2 aromatic rings. The van der Waals surface area contributed by atoms with Crippen molar-refractivity contribution in [3.8, 4) is 5.75 Å². The molecule has 1 heterocycles. The average molecular weight is 277 g/mol. The summed E-state index contributed by atoms with van der Waals surface area (Å²) in [7, 11) is 2.05. The minimum Gasteiger partial charge on any atom is -0.494 e. The van der Waals surface area contributed by atoms with E-state index in [1.807, 2.05) is 19.1 Å². The van der Waals surface area contributed by atoms with Crippen molar-refractivity contribution >= 4 is 0 Å². The first kappa shape index (κ1) is 14.6. The van der Waals surface area contributed by atoms with E-state index in [1.165, 1.54) is 12.1 Å². The van der Waals surface area contributed by atoms with E-state index in [0.717, 1.165) is 31.0 Å². The average Bonchev–Trinajstić information content (AvgIpc) is 2.82. The first-order valence-electron chi connectivity index (χ1n) is 6.76. The maximum atomic E-state index is 12.7. The Bertz CT molecular complexity index is 522. The van der Waals surface area contributed by atoms with Crippen LogP contribution in [0.5, 0.6) is 5.75 Å². The molecule has 0 N–H and O–H groups in total. The SMILES string of the molecule is Cc1ccc(CN(C)CCCOc2ccc(F)cc2)o1. The Hall–Kier alpha value is -1.81. The summed E-state index contributed by atoms with van der Waals surface area (Å²) in [6.07, 6.45) is 0.910. The van der Waals surface area contributed by atoms with Gasteiger partial charge < -0.3 is 9.15 Å². The van der Waals surface area contributed by atoms with Gasteiger partial charge in [-0.2, -0.15) is 0 Å². The van der Waals surface area contributed by atoms with Crippen LogP contribution in [0, 0.1) is 12.7 Å². The van der Waals surface area contributed by atoms with E-state index < -0.39 is 0 Å². The molecule has 0 aliphatic rings. The number of aryl methyl sites for hydroxylation is 1. The van der Waals surface area contributed by atoms with Gasteiger partial charge in [0.1, 0.15) is 23.1 Å². The predicted octanol–water partition coefficient (Wildman–Crippen LogP) is 3.63. The normalized spacial score (nSPS) is 11.0. The summed E-state index contributed by atoms with van der Waals surface area (Å²) in [4.78, 5) is 2.19. The molecule has 0 atom stereocenters. The van der Waals surface area contributed by atoms with E-state index in [9.17, 15) is 4.39 Å². The Balaban J connectivity index is 1.64. The van der Waals surface area contributed by atoms with Gasteiger partial charge in [-0.3, -0.25) is 4.90 Å². The smallest absolute Gasteiger partial charge is 0.123 e. The molecule has 0 fully saturated rings. The van der Waals surface area contributed by atoms with E-state index >= 15 is 0 Å². The molecular formula is C16H20FNO2. The third kappa shape index (κ3) is 4.70. The van der Waals surface area contributed by atoms with Gasteiger partial charge in [-0.15, -0.1) is 0 Å². The van der Waals surface area contributed by atoms with Crippen LogP contribution >= 0.6 is 0 Å². The van der Waals surface area contributed by atoms with Gasteiger partial charge in [-0.05, 0) is 56.8 Å². The van der Waals surface area contributed by atoms with Crippen LogP contribution in [-0.4, -0.2) is 25.1 Å². The number of hydrogen-bond donors (Lipinski definition) is 0. The van der Waals surface area contributed by atoms with E-state index in [1.54, 1.807) is 12.1 Å². The number of furan rings is 1. The highest BCUT2D eigenvalue weighted by Crippen LogP contribution is 2.12. The van der Waals surface area contributed by atoms with Gasteiger partial charge in [0.2, 0.25) is 0 Å². The minimum atomic E-state index is -0.245. The third-order valence-corrected chi connectivity index (χ3v) is 2.99. The van der Waals surface area contributed by atoms with Gasteiger partial charge in [0, 0.05) is 6.54 Å². The highest BCUT2D eigenvalue weighted by atomic mass is 19.1. The summed E-state index contributed by atoms with van der Waals surface area (Å²) in [6, 6.07) is 10.1. The van der Waals surface area contributed by atoms with Gasteiger partial charge in [0.05, 0.1) is 13.2 Å². The zero-order valence-corrected chi connectivity index (χ0v) is 11.9. The van der Waals surface area contributed by atoms with E-state index in [0.29, 0.717) is 12.4 Å². The van der Waals surface area contributed by atoms with Crippen molar-refractivity contribution < 1.29 is 13.5 Å². The summed E-state index contributed by atoms with van der Waals surface area (Å²) >= 11 is 0. The van der Waals surface area contributed by atoms with Crippen LogP contribution in [0.2, 0.25) is 0 Å². The van der Waals surface area contributed by atoms with Gasteiger partial charge in [0.25, 0.3) is 0 Å². The molecule has 108 valence electrons. The molecule has 2 rings (SSSR count). The Kier molecular flexibility index (Phi) is 5.18. The number of benzene rings is 1. The summed E-state index contributed by atoms with van der Waals surface area (Å²) < 4.78 is 23.8. The predicted molar refractivity (Wildman–Crippen MR) is 76.3 cm³/mol. The first-order chi connectivity index (χ1) is 9.63. The number of rotatable bonds is 7. The molecule has 0 bridgehead atoms. The quantitative estimate of drug-likeness (QED) is 0.723. The van der Waals surface area contributed by atoms with Crippen LogP contribution in [0.3, 0.4) is 0 Å². The molecule has 0 aliphatic carbocycles. The number of nitrogens with zero attached hydrogens (tertiary/aromatic N) is 1. The summed E-state index contributed by atoms with van der Waals surface area (Å²) in [5.74, 6) is 2.37. The zero-order valence-electron chi connectivity index (χ0n) is 11.9. The monoisotopic (exact) mass is 277 g/mol. The zero-order chi connectivity index (χ0) is 14.4. The second-order valence-corrected chi connectivity index (χ2v) is 4.91.